The van der Waals surface area contributed by atoms with Gasteiger partial charge in [-0.15, -0.1) is 0 Å². The van der Waals surface area contributed by atoms with E-state index in [0.29, 0.717) is 0 Å². The molecule has 0 radical (unpaired) electrons. The molecule has 0 aliphatic heterocycles. The summed E-state index contributed by atoms with van der Waals surface area (Å²) < 4.78 is 4.59. The van der Waals surface area contributed by atoms with E-state index in [1.54, 1.807) is 0 Å². The number of ether oxygens (including phenoxy) is 1. The maximum absolute atomic E-state index is 10.5. The van der Waals surface area contributed by atoms with Crippen molar-refractivity contribution in [3.8, 4) is 0 Å². The van der Waals surface area contributed by atoms with E-state index in [9.17, 15) is 9.70 Å². The van der Waals surface area contributed by atoms with Crippen LogP contribution in [0, 0.1) is 4.91 Å². The summed E-state index contributed by atoms with van der Waals surface area (Å²) in [5, 5.41) is 5.29. The highest BCUT2D eigenvalue weighted by Gasteiger charge is 1.99. The third kappa shape index (κ3) is 7.14. The summed E-state index contributed by atoms with van der Waals surface area (Å²) in [7, 11) is 0. The Balaban J connectivity index is 3.08. The minimum Gasteiger partial charge on any atom is -0.448 e. The fraction of sp³-hybridized carbons (Fsp3) is 0.857. The number of nitrogens with one attached hydrogen (secondary N) is 1. The first-order valence-electron chi connectivity index (χ1n) is 3.96. The number of nitroso groups, excluding NO2 is 1. The van der Waals surface area contributed by atoms with E-state index >= 15 is 0 Å². The molecular formula is C7H14N2O3. The number of esters is 1. The Morgan fingerprint density at radius 3 is 2.92 bits per heavy atom. The predicted molar refractivity (Wildman–Crippen MR) is 44.5 cm³/mol. The van der Waals surface area contributed by atoms with Crippen molar-refractivity contribution < 1.29 is 9.53 Å². The molecule has 1 N–H and O–H groups in total. The Labute approximate surface area is 71.4 Å². The van der Waals surface area contributed by atoms with Gasteiger partial charge in [0.2, 0.25) is 0 Å². The van der Waals surface area contributed by atoms with Crippen LogP contribution in [0.25, 0.3) is 0 Å². The second kappa shape index (κ2) is 8.13. The van der Waals surface area contributed by atoms with Crippen LogP contribution in [0.5, 0.6) is 0 Å². The van der Waals surface area contributed by atoms with Crippen molar-refractivity contribution in [2.24, 2.45) is 5.18 Å². The molecule has 0 rings (SSSR count). The van der Waals surface area contributed by atoms with Crippen LogP contribution in [-0.2, 0) is 9.53 Å². The van der Waals surface area contributed by atoms with Crippen molar-refractivity contribution >= 4 is 5.97 Å². The molecule has 70 valence electrons. The average molecular weight is 174 g/mol. The zero-order valence-corrected chi connectivity index (χ0v) is 7.21. The SMILES string of the molecule is CCCCNCOC(=O)CN=O. The fourth-order valence-electron chi connectivity index (χ4n) is 0.604. The molecular weight excluding hydrogens is 160 g/mol. The topological polar surface area (TPSA) is 67.8 Å². The number of hydrogen-bond donors (Lipinski definition) is 1. The lowest BCUT2D eigenvalue weighted by atomic mass is 10.3. The number of nitrogens with zero attached hydrogens (tertiary/aromatic N) is 1. The molecule has 0 aromatic carbocycles. The summed E-state index contributed by atoms with van der Waals surface area (Å²) in [6, 6.07) is 0. The molecule has 0 fully saturated rings. The summed E-state index contributed by atoms with van der Waals surface area (Å²) in [4.78, 5) is 20.1. The smallest absolute Gasteiger partial charge is 0.332 e. The van der Waals surface area contributed by atoms with Crippen molar-refractivity contribution in [1.29, 1.82) is 0 Å². The molecule has 0 aliphatic carbocycles. The monoisotopic (exact) mass is 174 g/mol. The first kappa shape index (κ1) is 11.0. The lowest BCUT2D eigenvalue weighted by molar-refractivity contribution is -0.142. The van der Waals surface area contributed by atoms with Gasteiger partial charge in [-0.25, -0.2) is 4.79 Å². The molecule has 0 unspecified atom stereocenters. The predicted octanol–water partition coefficient (Wildman–Crippen LogP) is 0.643. The standard InChI is InChI=1S/C7H14N2O3/c1-2-3-4-8-6-12-7(10)5-9-11/h8H,2-6H2,1H3. The zero-order valence-electron chi connectivity index (χ0n) is 7.21. The second-order valence-corrected chi connectivity index (χ2v) is 2.30. The van der Waals surface area contributed by atoms with Gasteiger partial charge in [-0.2, -0.15) is 4.91 Å². The van der Waals surface area contributed by atoms with Crippen LogP contribution in [0.15, 0.2) is 5.18 Å². The zero-order chi connectivity index (χ0) is 9.23. The van der Waals surface area contributed by atoms with Crippen LogP contribution in [-0.4, -0.2) is 25.8 Å². The van der Waals surface area contributed by atoms with Crippen molar-refractivity contribution in [3.63, 3.8) is 0 Å². The lowest BCUT2D eigenvalue weighted by Gasteiger charge is -2.03. The first-order valence-corrected chi connectivity index (χ1v) is 3.96. The molecule has 0 aromatic heterocycles. The average Bonchev–Trinajstić information content (AvgIpc) is 2.05. The fourth-order valence-corrected chi connectivity index (χ4v) is 0.604. The van der Waals surface area contributed by atoms with Gasteiger partial charge in [0, 0.05) is 0 Å². The van der Waals surface area contributed by atoms with Gasteiger partial charge in [-0.05, 0) is 13.0 Å². The van der Waals surface area contributed by atoms with Gasteiger partial charge in [0.05, 0.1) is 0 Å². The van der Waals surface area contributed by atoms with Gasteiger partial charge < -0.3 is 4.74 Å². The molecule has 0 heterocycles. The van der Waals surface area contributed by atoms with Crippen LogP contribution >= 0.6 is 0 Å². The van der Waals surface area contributed by atoms with E-state index in [0.717, 1.165) is 19.4 Å². The number of rotatable bonds is 7. The van der Waals surface area contributed by atoms with Crippen LogP contribution in [0.1, 0.15) is 19.8 Å². The van der Waals surface area contributed by atoms with E-state index in [2.05, 4.69) is 22.2 Å². The van der Waals surface area contributed by atoms with Crippen molar-refractivity contribution in [3.05, 3.63) is 4.91 Å². The van der Waals surface area contributed by atoms with E-state index in [1.165, 1.54) is 0 Å². The van der Waals surface area contributed by atoms with Gasteiger partial charge in [0.1, 0.15) is 6.73 Å². The first-order chi connectivity index (χ1) is 5.81. The Hall–Kier alpha value is -0.970. The Bertz CT molecular complexity index is 139. The van der Waals surface area contributed by atoms with Gasteiger partial charge in [-0.3, -0.25) is 5.32 Å². The Morgan fingerprint density at radius 2 is 2.33 bits per heavy atom. The van der Waals surface area contributed by atoms with Gasteiger partial charge in [-0.1, -0.05) is 18.5 Å². The normalized spacial score (nSPS) is 9.42. The summed E-state index contributed by atoms with van der Waals surface area (Å²) in [5.74, 6) is -0.589. The van der Waals surface area contributed by atoms with E-state index in [1.807, 2.05) is 0 Å². The Morgan fingerprint density at radius 1 is 1.58 bits per heavy atom. The second-order valence-electron chi connectivity index (χ2n) is 2.30. The van der Waals surface area contributed by atoms with E-state index in [4.69, 9.17) is 0 Å². The van der Waals surface area contributed by atoms with E-state index < -0.39 is 12.5 Å². The summed E-state index contributed by atoms with van der Waals surface area (Å²) in [5.41, 5.74) is 0. The molecule has 0 amide bonds. The summed E-state index contributed by atoms with van der Waals surface area (Å²) in [6.07, 6.45) is 2.14. The number of carbonyl (C=O) groups excluding carboxylic acids is 1. The van der Waals surface area contributed by atoms with Gasteiger partial charge >= 0.3 is 5.97 Å². The highest BCUT2D eigenvalue weighted by Crippen LogP contribution is 1.82. The van der Waals surface area contributed by atoms with E-state index in [-0.39, 0.29) is 6.73 Å². The molecule has 5 nitrogen and oxygen atoms in total. The molecule has 0 saturated heterocycles. The van der Waals surface area contributed by atoms with Gasteiger partial charge in [0.25, 0.3) is 0 Å². The largest absolute Gasteiger partial charge is 0.448 e. The van der Waals surface area contributed by atoms with Crippen molar-refractivity contribution in [2.75, 3.05) is 19.8 Å². The van der Waals surface area contributed by atoms with Crippen LogP contribution in [0.2, 0.25) is 0 Å². The highest BCUT2D eigenvalue weighted by molar-refractivity contribution is 5.71. The molecule has 0 atom stereocenters. The molecule has 12 heavy (non-hydrogen) atoms. The van der Waals surface area contributed by atoms with Crippen molar-refractivity contribution in [2.45, 2.75) is 19.8 Å². The number of hydrogen-bond acceptors (Lipinski definition) is 5. The minimum atomic E-state index is -0.589. The molecule has 0 aromatic rings. The molecule has 0 aliphatic rings. The highest BCUT2D eigenvalue weighted by atomic mass is 16.5. The third-order valence-corrected chi connectivity index (χ3v) is 1.24. The van der Waals surface area contributed by atoms with Crippen molar-refractivity contribution in [1.82, 2.24) is 5.32 Å². The molecule has 0 spiro atoms. The quantitative estimate of drug-likeness (QED) is 0.266. The third-order valence-electron chi connectivity index (χ3n) is 1.24. The maximum atomic E-state index is 10.5. The van der Waals surface area contributed by atoms with Crippen LogP contribution in [0.3, 0.4) is 0 Å². The van der Waals surface area contributed by atoms with Crippen LogP contribution < -0.4 is 5.32 Å². The minimum absolute atomic E-state index is 0.161. The molecule has 0 bridgehead atoms. The number of carbonyl (C=O) groups is 1. The summed E-state index contributed by atoms with van der Waals surface area (Å²) in [6.45, 7) is 2.64. The number of unbranched alkanes of at least 4 members (excludes halogenated alkanes) is 1. The summed E-state index contributed by atoms with van der Waals surface area (Å²) >= 11 is 0. The lowest BCUT2D eigenvalue weighted by Crippen LogP contribution is -2.22. The molecule has 0 saturated carbocycles. The maximum Gasteiger partial charge on any atom is 0.332 e. The van der Waals surface area contributed by atoms with Gasteiger partial charge in [0.15, 0.2) is 6.54 Å². The molecule has 5 heteroatoms. The Kier molecular flexibility index (Phi) is 7.47. The van der Waals surface area contributed by atoms with Crippen LogP contribution in [0.4, 0.5) is 0 Å².